The van der Waals surface area contributed by atoms with Crippen LogP contribution < -0.4 is 5.32 Å². The van der Waals surface area contributed by atoms with Gasteiger partial charge in [-0.05, 0) is 45.8 Å². The van der Waals surface area contributed by atoms with E-state index in [0.29, 0.717) is 6.54 Å². The van der Waals surface area contributed by atoms with E-state index in [1.165, 1.54) is 19.6 Å². The Morgan fingerprint density at radius 1 is 1.19 bits per heavy atom. The Morgan fingerprint density at radius 3 is 2.38 bits per heavy atom. The third-order valence-corrected chi connectivity index (χ3v) is 4.71. The van der Waals surface area contributed by atoms with E-state index in [0.717, 1.165) is 38.1 Å². The van der Waals surface area contributed by atoms with Gasteiger partial charge in [0, 0.05) is 29.8 Å². The largest absolute Gasteiger partial charge is 0.465 e. The number of hydrogen-bond donors (Lipinski definition) is 1. The van der Waals surface area contributed by atoms with Crippen LogP contribution in [0, 0.1) is 10.1 Å². The first-order chi connectivity index (χ1) is 12.2. The Morgan fingerprint density at radius 2 is 1.81 bits per heavy atom. The number of esters is 1. The van der Waals surface area contributed by atoms with Gasteiger partial charge in [0.2, 0.25) is 0 Å². The van der Waals surface area contributed by atoms with E-state index in [2.05, 4.69) is 28.8 Å². The van der Waals surface area contributed by atoms with Gasteiger partial charge in [-0.15, -0.1) is 0 Å². The summed E-state index contributed by atoms with van der Waals surface area (Å²) in [5, 5.41) is 13.9. The number of carbonyl (C=O) groups is 2. The van der Waals surface area contributed by atoms with Crippen LogP contribution in [0.4, 0.5) is 5.69 Å². The van der Waals surface area contributed by atoms with Gasteiger partial charge < -0.3 is 10.1 Å². The summed E-state index contributed by atoms with van der Waals surface area (Å²) in [4.78, 5) is 37.0. The fraction of sp³-hybridized carbons (Fsp3) is 0.556. The van der Waals surface area contributed by atoms with Crippen molar-refractivity contribution in [3.8, 4) is 0 Å². The van der Waals surface area contributed by atoms with Crippen LogP contribution in [-0.2, 0) is 4.74 Å². The summed E-state index contributed by atoms with van der Waals surface area (Å²) < 4.78 is 4.60. The van der Waals surface area contributed by atoms with E-state index < -0.39 is 16.8 Å². The van der Waals surface area contributed by atoms with E-state index >= 15 is 0 Å². The number of hydrogen-bond acceptors (Lipinski definition) is 6. The van der Waals surface area contributed by atoms with Crippen molar-refractivity contribution in [3.05, 3.63) is 39.4 Å². The lowest BCUT2D eigenvalue weighted by atomic mass is 9.98. The summed E-state index contributed by atoms with van der Waals surface area (Å²) in [6, 6.07) is 3.57. The molecule has 0 unspecified atom stereocenters. The zero-order valence-corrected chi connectivity index (χ0v) is 15.4. The molecule has 0 aliphatic carbocycles. The number of piperidine rings is 1. The second-order valence-corrected chi connectivity index (χ2v) is 7.06. The third kappa shape index (κ3) is 4.78. The molecule has 1 heterocycles. The number of amides is 1. The van der Waals surface area contributed by atoms with Gasteiger partial charge in [0.15, 0.2) is 0 Å². The van der Waals surface area contributed by atoms with Crippen LogP contribution in [0.25, 0.3) is 0 Å². The van der Waals surface area contributed by atoms with Crippen LogP contribution in [0.1, 0.15) is 53.8 Å². The molecule has 1 saturated heterocycles. The highest BCUT2D eigenvalue weighted by atomic mass is 16.6. The van der Waals surface area contributed by atoms with Crippen molar-refractivity contribution in [1.82, 2.24) is 10.2 Å². The summed E-state index contributed by atoms with van der Waals surface area (Å²) in [6.07, 6.45) is 3.51. The minimum Gasteiger partial charge on any atom is -0.465 e. The van der Waals surface area contributed by atoms with Gasteiger partial charge in [-0.3, -0.25) is 19.8 Å². The van der Waals surface area contributed by atoms with Crippen LogP contribution in [-0.4, -0.2) is 54.0 Å². The molecule has 1 N–H and O–H groups in total. The van der Waals surface area contributed by atoms with E-state index in [1.54, 1.807) is 0 Å². The quantitative estimate of drug-likeness (QED) is 0.473. The van der Waals surface area contributed by atoms with Crippen molar-refractivity contribution >= 4 is 17.6 Å². The standard InChI is InChI=1S/C18H25N3O5/c1-18(2,20-7-5-4-6-8-20)12-19-16(22)13-9-14(17(23)26-3)11-15(10-13)21(24)25/h9-11H,4-8,12H2,1-3H3,(H,19,22). The molecule has 1 aliphatic heterocycles. The molecule has 0 saturated carbocycles. The highest BCUT2D eigenvalue weighted by molar-refractivity contribution is 5.99. The lowest BCUT2D eigenvalue weighted by Crippen LogP contribution is -2.53. The molecule has 1 aliphatic rings. The Kier molecular flexibility index (Phi) is 6.31. The molecule has 8 heteroatoms. The van der Waals surface area contributed by atoms with E-state index in [9.17, 15) is 19.7 Å². The summed E-state index contributed by atoms with van der Waals surface area (Å²) in [7, 11) is 1.18. The Balaban J connectivity index is 2.14. The predicted octanol–water partition coefficient (Wildman–Crippen LogP) is 2.38. The maximum atomic E-state index is 12.5. The predicted molar refractivity (Wildman–Crippen MR) is 96.3 cm³/mol. The number of carbonyl (C=O) groups excluding carboxylic acids is 2. The smallest absolute Gasteiger partial charge is 0.338 e. The molecule has 8 nitrogen and oxygen atoms in total. The topological polar surface area (TPSA) is 102 Å². The molecule has 0 bridgehead atoms. The monoisotopic (exact) mass is 363 g/mol. The summed E-state index contributed by atoms with van der Waals surface area (Å²) in [5.41, 5.74) is -0.508. The normalized spacial score (nSPS) is 15.3. The molecule has 1 fully saturated rings. The van der Waals surface area contributed by atoms with Crippen LogP contribution >= 0.6 is 0 Å². The third-order valence-electron chi connectivity index (χ3n) is 4.71. The van der Waals surface area contributed by atoms with Crippen molar-refractivity contribution in [3.63, 3.8) is 0 Å². The SMILES string of the molecule is COC(=O)c1cc(C(=O)NCC(C)(C)N2CCCCC2)cc([N+](=O)[O-])c1. The Labute approximate surface area is 152 Å². The number of nitro benzene ring substituents is 1. The number of nitrogens with zero attached hydrogens (tertiary/aromatic N) is 2. The highest BCUT2D eigenvalue weighted by Gasteiger charge is 2.28. The fourth-order valence-corrected chi connectivity index (χ4v) is 3.09. The van der Waals surface area contributed by atoms with Gasteiger partial charge in [-0.25, -0.2) is 4.79 Å². The lowest BCUT2D eigenvalue weighted by molar-refractivity contribution is -0.384. The van der Waals surface area contributed by atoms with Crippen molar-refractivity contribution in [2.75, 3.05) is 26.7 Å². The van der Waals surface area contributed by atoms with E-state index in [1.807, 2.05) is 0 Å². The number of ether oxygens (including phenoxy) is 1. The number of likely N-dealkylation sites (tertiary alicyclic amines) is 1. The van der Waals surface area contributed by atoms with Crippen LogP contribution in [0.2, 0.25) is 0 Å². The number of rotatable bonds is 6. The first-order valence-corrected chi connectivity index (χ1v) is 8.65. The molecule has 2 rings (SSSR count). The van der Waals surface area contributed by atoms with Gasteiger partial charge in [-0.1, -0.05) is 6.42 Å². The number of benzene rings is 1. The first kappa shape index (κ1) is 19.8. The zero-order valence-electron chi connectivity index (χ0n) is 15.4. The van der Waals surface area contributed by atoms with Crippen LogP contribution in [0.3, 0.4) is 0 Å². The van der Waals surface area contributed by atoms with Crippen molar-refractivity contribution in [2.24, 2.45) is 0 Å². The van der Waals surface area contributed by atoms with Gasteiger partial charge in [0.1, 0.15) is 0 Å². The highest BCUT2D eigenvalue weighted by Crippen LogP contribution is 2.21. The van der Waals surface area contributed by atoms with Gasteiger partial charge in [0.25, 0.3) is 11.6 Å². The molecule has 26 heavy (non-hydrogen) atoms. The molecule has 0 spiro atoms. The molecule has 0 aromatic heterocycles. The van der Waals surface area contributed by atoms with E-state index in [4.69, 9.17) is 0 Å². The van der Waals surface area contributed by atoms with Crippen LogP contribution in [0.5, 0.6) is 0 Å². The molecule has 0 radical (unpaired) electrons. The number of nitrogens with one attached hydrogen (secondary N) is 1. The molecular formula is C18H25N3O5. The molecule has 1 amide bonds. The summed E-state index contributed by atoms with van der Waals surface area (Å²) >= 11 is 0. The Hall–Kier alpha value is -2.48. The fourth-order valence-electron chi connectivity index (χ4n) is 3.09. The lowest BCUT2D eigenvalue weighted by Gasteiger charge is -2.41. The molecule has 142 valence electrons. The Bertz CT molecular complexity index is 696. The second kappa shape index (κ2) is 8.27. The molecule has 1 aromatic rings. The summed E-state index contributed by atoms with van der Waals surface area (Å²) in [5.74, 6) is -1.18. The van der Waals surface area contributed by atoms with Crippen molar-refractivity contribution < 1.29 is 19.2 Å². The van der Waals surface area contributed by atoms with E-state index in [-0.39, 0.29) is 22.4 Å². The van der Waals surface area contributed by atoms with Gasteiger partial charge in [-0.2, -0.15) is 0 Å². The molecule has 0 atom stereocenters. The van der Waals surface area contributed by atoms with Gasteiger partial charge in [0.05, 0.1) is 17.6 Å². The number of nitro groups is 1. The van der Waals surface area contributed by atoms with Crippen LogP contribution in [0.15, 0.2) is 18.2 Å². The van der Waals surface area contributed by atoms with Crippen molar-refractivity contribution in [1.29, 1.82) is 0 Å². The number of non-ortho nitro benzene ring substituents is 1. The second-order valence-electron chi connectivity index (χ2n) is 7.06. The maximum Gasteiger partial charge on any atom is 0.338 e. The molecular weight excluding hydrogens is 338 g/mol. The number of methoxy groups -OCH3 is 1. The zero-order chi connectivity index (χ0) is 19.3. The van der Waals surface area contributed by atoms with Crippen molar-refractivity contribution in [2.45, 2.75) is 38.6 Å². The first-order valence-electron chi connectivity index (χ1n) is 8.65. The maximum absolute atomic E-state index is 12.5. The van der Waals surface area contributed by atoms with Gasteiger partial charge >= 0.3 is 5.97 Å². The minimum absolute atomic E-state index is 0.0258. The average molecular weight is 363 g/mol. The summed E-state index contributed by atoms with van der Waals surface area (Å²) in [6.45, 7) is 6.51. The average Bonchev–Trinajstić information content (AvgIpc) is 2.65. The molecule has 1 aromatic carbocycles. The minimum atomic E-state index is -0.726.